The van der Waals surface area contributed by atoms with Gasteiger partial charge < -0.3 is 0 Å². The normalized spacial score (nSPS) is 11.0. The van der Waals surface area contributed by atoms with Crippen molar-refractivity contribution in [3.63, 3.8) is 0 Å². The summed E-state index contributed by atoms with van der Waals surface area (Å²) in [6.45, 7) is 8.34. The molecule has 3 heteroatoms. The van der Waals surface area contributed by atoms with Crippen molar-refractivity contribution >= 4 is 34.5 Å². The molecule has 0 aliphatic rings. The van der Waals surface area contributed by atoms with Gasteiger partial charge in [-0.05, 0) is 72.7 Å². The first kappa shape index (κ1) is 18.3. The van der Waals surface area contributed by atoms with E-state index >= 15 is 0 Å². The highest BCUT2D eigenvalue weighted by Gasteiger charge is 2.09. The second-order valence-electron chi connectivity index (χ2n) is 6.18. The summed E-state index contributed by atoms with van der Waals surface area (Å²) in [5.41, 5.74) is 3.77. The summed E-state index contributed by atoms with van der Waals surface area (Å²) >= 11 is 11.5. The lowest BCUT2D eigenvalue weighted by Gasteiger charge is -2.10. The fourth-order valence-electron chi connectivity index (χ4n) is 2.38. The second-order valence-corrected chi connectivity index (χ2v) is 7.20. The van der Waals surface area contributed by atoms with E-state index in [1.54, 1.807) is 0 Å². The second kappa shape index (κ2) is 8.65. The number of hydrogen-bond acceptors (Lipinski definition) is 2. The fourth-order valence-corrected chi connectivity index (χ4v) is 2.88. The number of carbonyl (C=O) groups excluding carboxylic acids is 1. The zero-order valence-corrected chi connectivity index (χ0v) is 15.0. The monoisotopic (exact) mass is 324 g/mol. The Morgan fingerprint density at radius 3 is 2.48 bits per heavy atom. The van der Waals surface area contributed by atoms with Crippen LogP contribution in [0.4, 0.5) is 0 Å². The summed E-state index contributed by atoms with van der Waals surface area (Å²) in [7, 11) is 0. The number of hydrogen-bond donors (Lipinski definition) is 0. The van der Waals surface area contributed by atoms with Gasteiger partial charge in [0.2, 0.25) is 0 Å². The van der Waals surface area contributed by atoms with E-state index in [1.807, 2.05) is 12.1 Å². The van der Waals surface area contributed by atoms with Gasteiger partial charge in [-0.1, -0.05) is 37.7 Å². The van der Waals surface area contributed by atoms with Crippen molar-refractivity contribution in [2.75, 3.05) is 0 Å². The lowest BCUT2D eigenvalue weighted by atomic mass is 9.97. The highest BCUT2D eigenvalue weighted by Crippen LogP contribution is 2.21. The standard InChI is InChI=1S/C18H25ClOS/c1-12(2)9-17(20)6-8-18(21)7-5-15-11-16(19)10-13(3)14(15)4/h10-12H,5-9H2,1-4H3. The Morgan fingerprint density at radius 2 is 1.86 bits per heavy atom. The SMILES string of the molecule is Cc1cc(Cl)cc(CCC(=S)CCC(=O)CC(C)C)c1C. The predicted octanol–water partition coefficient (Wildman–Crippen LogP) is 5.65. The van der Waals surface area contributed by atoms with Gasteiger partial charge in [0.25, 0.3) is 0 Å². The molecular formula is C18H25ClOS. The predicted molar refractivity (Wildman–Crippen MR) is 95.5 cm³/mol. The first-order valence-corrected chi connectivity index (χ1v) is 8.37. The summed E-state index contributed by atoms with van der Waals surface area (Å²) in [5, 5.41) is 0.783. The number of benzene rings is 1. The van der Waals surface area contributed by atoms with Gasteiger partial charge in [-0.25, -0.2) is 0 Å². The number of thiocarbonyl (C=S) groups is 1. The van der Waals surface area contributed by atoms with Crippen molar-refractivity contribution in [3.05, 3.63) is 33.8 Å². The van der Waals surface area contributed by atoms with Gasteiger partial charge in [0.15, 0.2) is 0 Å². The van der Waals surface area contributed by atoms with E-state index in [-0.39, 0.29) is 0 Å². The molecule has 0 saturated carbocycles. The number of Topliss-reactive ketones (excluding diaryl/α,β-unsaturated/α-hetero) is 1. The molecule has 116 valence electrons. The van der Waals surface area contributed by atoms with Crippen LogP contribution in [0.2, 0.25) is 5.02 Å². The van der Waals surface area contributed by atoms with E-state index in [0.29, 0.717) is 24.5 Å². The van der Waals surface area contributed by atoms with Gasteiger partial charge >= 0.3 is 0 Å². The van der Waals surface area contributed by atoms with Crippen LogP contribution in [-0.2, 0) is 11.2 Å². The molecule has 0 spiro atoms. The van der Waals surface area contributed by atoms with E-state index in [4.69, 9.17) is 23.8 Å². The molecule has 1 aromatic carbocycles. The van der Waals surface area contributed by atoms with Crippen LogP contribution in [-0.4, -0.2) is 10.6 Å². The molecule has 0 unspecified atom stereocenters. The molecule has 0 N–H and O–H groups in total. The van der Waals surface area contributed by atoms with Crippen LogP contribution < -0.4 is 0 Å². The quantitative estimate of drug-likeness (QED) is 0.574. The van der Waals surface area contributed by atoms with Crippen LogP contribution in [0, 0.1) is 19.8 Å². The maximum absolute atomic E-state index is 11.7. The van der Waals surface area contributed by atoms with Gasteiger partial charge in [-0.2, -0.15) is 0 Å². The smallest absolute Gasteiger partial charge is 0.133 e. The highest BCUT2D eigenvalue weighted by molar-refractivity contribution is 7.80. The number of carbonyl (C=O) groups is 1. The Bertz CT molecular complexity index is 520. The Morgan fingerprint density at radius 1 is 1.19 bits per heavy atom. The minimum atomic E-state index is 0.321. The summed E-state index contributed by atoms with van der Waals surface area (Å²) < 4.78 is 0. The minimum Gasteiger partial charge on any atom is -0.300 e. The molecule has 21 heavy (non-hydrogen) atoms. The van der Waals surface area contributed by atoms with Crippen molar-refractivity contribution in [3.8, 4) is 0 Å². The van der Waals surface area contributed by atoms with Crippen molar-refractivity contribution in [1.82, 2.24) is 0 Å². The maximum atomic E-state index is 11.7. The summed E-state index contributed by atoms with van der Waals surface area (Å²) in [5.74, 6) is 0.755. The lowest BCUT2D eigenvalue weighted by Crippen LogP contribution is -2.06. The average molecular weight is 325 g/mol. The van der Waals surface area contributed by atoms with Crippen molar-refractivity contribution in [2.45, 2.75) is 59.8 Å². The number of halogens is 1. The van der Waals surface area contributed by atoms with Gasteiger partial charge in [0, 0.05) is 17.9 Å². The van der Waals surface area contributed by atoms with Crippen LogP contribution in [0.15, 0.2) is 12.1 Å². The van der Waals surface area contributed by atoms with E-state index in [2.05, 4.69) is 27.7 Å². The topological polar surface area (TPSA) is 17.1 Å². The van der Waals surface area contributed by atoms with Crippen LogP contribution in [0.5, 0.6) is 0 Å². The Balaban J connectivity index is 2.45. The largest absolute Gasteiger partial charge is 0.300 e. The summed E-state index contributed by atoms with van der Waals surface area (Å²) in [4.78, 5) is 12.7. The minimum absolute atomic E-state index is 0.321. The maximum Gasteiger partial charge on any atom is 0.133 e. The van der Waals surface area contributed by atoms with E-state index in [0.717, 1.165) is 29.1 Å². The molecule has 1 nitrogen and oxygen atoms in total. The Labute approximate surface area is 139 Å². The molecule has 0 aromatic heterocycles. The molecule has 0 fully saturated rings. The number of ketones is 1. The third-order valence-corrected chi connectivity index (χ3v) is 4.36. The van der Waals surface area contributed by atoms with Crippen molar-refractivity contribution in [2.24, 2.45) is 5.92 Å². The van der Waals surface area contributed by atoms with Gasteiger partial charge in [0.05, 0.1) is 0 Å². The summed E-state index contributed by atoms with van der Waals surface area (Å²) in [6, 6.07) is 4.01. The molecule has 0 atom stereocenters. The molecule has 1 aromatic rings. The van der Waals surface area contributed by atoms with Crippen LogP contribution in [0.25, 0.3) is 0 Å². The zero-order chi connectivity index (χ0) is 16.0. The lowest BCUT2D eigenvalue weighted by molar-refractivity contribution is -0.119. The third kappa shape index (κ3) is 6.71. The first-order chi connectivity index (χ1) is 9.79. The Hall–Kier alpha value is -0.730. The molecule has 0 heterocycles. The first-order valence-electron chi connectivity index (χ1n) is 7.58. The molecule has 0 bridgehead atoms. The molecule has 1 rings (SSSR count). The molecular weight excluding hydrogens is 300 g/mol. The zero-order valence-electron chi connectivity index (χ0n) is 13.5. The van der Waals surface area contributed by atoms with E-state index in [9.17, 15) is 4.79 Å². The van der Waals surface area contributed by atoms with Crippen molar-refractivity contribution in [1.29, 1.82) is 0 Å². The average Bonchev–Trinajstić information content (AvgIpc) is 2.38. The molecule has 0 radical (unpaired) electrons. The van der Waals surface area contributed by atoms with E-state index in [1.165, 1.54) is 16.7 Å². The number of rotatable bonds is 8. The molecule has 0 amide bonds. The Kier molecular flexibility index (Phi) is 7.55. The fraction of sp³-hybridized carbons (Fsp3) is 0.556. The van der Waals surface area contributed by atoms with Gasteiger partial charge in [0.1, 0.15) is 5.78 Å². The van der Waals surface area contributed by atoms with Gasteiger partial charge in [-0.3, -0.25) is 4.79 Å². The summed E-state index contributed by atoms with van der Waals surface area (Å²) in [6.07, 6.45) is 3.74. The molecule has 0 aliphatic heterocycles. The molecule has 0 saturated heterocycles. The number of aryl methyl sites for hydroxylation is 2. The highest BCUT2D eigenvalue weighted by atomic mass is 35.5. The van der Waals surface area contributed by atoms with Crippen LogP contribution in [0.1, 0.15) is 56.2 Å². The molecule has 0 aliphatic carbocycles. The van der Waals surface area contributed by atoms with Crippen LogP contribution in [0.3, 0.4) is 0 Å². The third-order valence-electron chi connectivity index (χ3n) is 3.73. The van der Waals surface area contributed by atoms with Crippen molar-refractivity contribution < 1.29 is 4.79 Å². The van der Waals surface area contributed by atoms with Crippen LogP contribution >= 0.6 is 23.8 Å². The van der Waals surface area contributed by atoms with E-state index < -0.39 is 0 Å². The van der Waals surface area contributed by atoms with Gasteiger partial charge in [-0.15, -0.1) is 0 Å².